The van der Waals surface area contributed by atoms with E-state index in [0.717, 1.165) is 23.1 Å². The molecule has 38 heavy (non-hydrogen) atoms. The van der Waals surface area contributed by atoms with E-state index in [-0.39, 0.29) is 30.1 Å². The second-order valence-electron chi connectivity index (χ2n) is 10.2. The molecule has 12 heteroatoms. The number of nitrogens with zero attached hydrogens (tertiary/aromatic N) is 5. The van der Waals surface area contributed by atoms with Gasteiger partial charge in [0.15, 0.2) is 0 Å². The van der Waals surface area contributed by atoms with Crippen LogP contribution < -0.4 is 0 Å². The van der Waals surface area contributed by atoms with Crippen LogP contribution in [-0.4, -0.2) is 57.6 Å². The lowest BCUT2D eigenvalue weighted by Gasteiger charge is -2.15. The van der Waals surface area contributed by atoms with Crippen molar-refractivity contribution in [1.82, 2.24) is 24.6 Å². The lowest BCUT2D eigenvalue weighted by atomic mass is 10.0. The van der Waals surface area contributed by atoms with E-state index in [1.165, 1.54) is 19.4 Å². The van der Waals surface area contributed by atoms with Crippen LogP contribution in [0.4, 0.5) is 13.6 Å². The maximum absolute atomic E-state index is 15.1. The van der Waals surface area contributed by atoms with E-state index in [9.17, 15) is 4.79 Å². The smallest absolute Gasteiger partial charge is 0.407 e. The molecule has 0 saturated heterocycles. The van der Waals surface area contributed by atoms with Crippen LogP contribution in [0.3, 0.4) is 0 Å². The van der Waals surface area contributed by atoms with Crippen molar-refractivity contribution in [3.63, 3.8) is 0 Å². The number of benzene rings is 1. The highest BCUT2D eigenvalue weighted by atomic mass is 35.5. The molecule has 0 aliphatic rings. The molecular weight excluding hydrogens is 532 g/mol. The van der Waals surface area contributed by atoms with Crippen molar-refractivity contribution >= 4 is 36.7 Å². The van der Waals surface area contributed by atoms with E-state index in [1.807, 2.05) is 0 Å². The minimum absolute atomic E-state index is 0.0695. The summed E-state index contributed by atoms with van der Waals surface area (Å²) in [6.07, 6.45) is 1.80. The Balaban J connectivity index is 1.74. The van der Waals surface area contributed by atoms with E-state index >= 15 is 8.78 Å². The molecule has 1 amide bonds. The lowest BCUT2D eigenvalue weighted by Crippen LogP contribution is -2.24. The topological polar surface area (TPSA) is 93.4 Å². The SMILES string of the molecule is CN(Cc1cc(F)c(-c2cc3c(-c4ccc(Cl)cn4)nn(COCC[Si](C)(C)C)c3cn2)c(F)c1)C(=O)O. The van der Waals surface area contributed by atoms with Gasteiger partial charge in [-0.1, -0.05) is 31.2 Å². The third-order valence-electron chi connectivity index (χ3n) is 5.92. The summed E-state index contributed by atoms with van der Waals surface area (Å²) in [5.74, 6) is -1.70. The summed E-state index contributed by atoms with van der Waals surface area (Å²) < 4.78 is 37.8. The van der Waals surface area contributed by atoms with Gasteiger partial charge in [-0.25, -0.2) is 18.3 Å². The van der Waals surface area contributed by atoms with Crippen molar-refractivity contribution in [3.05, 3.63) is 64.9 Å². The molecule has 0 saturated carbocycles. The Morgan fingerprint density at radius 3 is 2.39 bits per heavy atom. The fraction of sp³-hybridized carbons (Fsp3) is 0.308. The van der Waals surface area contributed by atoms with Crippen LogP contribution in [0.15, 0.2) is 42.7 Å². The van der Waals surface area contributed by atoms with Gasteiger partial charge in [0.1, 0.15) is 24.1 Å². The molecule has 8 nitrogen and oxygen atoms in total. The Bertz CT molecular complexity index is 1450. The summed E-state index contributed by atoms with van der Waals surface area (Å²) in [5.41, 5.74) is 1.58. The molecule has 200 valence electrons. The van der Waals surface area contributed by atoms with Crippen LogP contribution in [0.2, 0.25) is 30.7 Å². The largest absolute Gasteiger partial charge is 0.465 e. The lowest BCUT2D eigenvalue weighted by molar-refractivity contribution is 0.0818. The number of halogens is 3. The minimum atomic E-state index is -1.27. The Morgan fingerprint density at radius 1 is 1.11 bits per heavy atom. The highest BCUT2D eigenvalue weighted by molar-refractivity contribution is 6.76. The van der Waals surface area contributed by atoms with Crippen molar-refractivity contribution < 1.29 is 23.4 Å². The molecule has 0 aliphatic heterocycles. The van der Waals surface area contributed by atoms with Crippen LogP contribution in [0, 0.1) is 11.6 Å². The number of amides is 1. The molecule has 4 rings (SSSR count). The maximum Gasteiger partial charge on any atom is 0.407 e. The van der Waals surface area contributed by atoms with Crippen molar-refractivity contribution in [2.24, 2.45) is 0 Å². The van der Waals surface area contributed by atoms with Crippen molar-refractivity contribution in [2.45, 2.75) is 39.0 Å². The van der Waals surface area contributed by atoms with Gasteiger partial charge < -0.3 is 14.7 Å². The van der Waals surface area contributed by atoms with Crippen molar-refractivity contribution in [3.8, 4) is 22.6 Å². The van der Waals surface area contributed by atoms with Crippen LogP contribution in [0.1, 0.15) is 5.56 Å². The second kappa shape index (κ2) is 11.1. The number of pyridine rings is 2. The zero-order valence-corrected chi connectivity index (χ0v) is 23.3. The van der Waals surface area contributed by atoms with Gasteiger partial charge in [-0.15, -0.1) is 0 Å². The summed E-state index contributed by atoms with van der Waals surface area (Å²) in [4.78, 5) is 20.7. The number of carboxylic acid groups (broad SMARTS) is 1. The third kappa shape index (κ3) is 6.34. The molecular formula is C26H28ClF2N5O3Si. The highest BCUT2D eigenvalue weighted by Gasteiger charge is 2.21. The van der Waals surface area contributed by atoms with E-state index in [1.54, 1.807) is 22.9 Å². The molecule has 3 heterocycles. The van der Waals surface area contributed by atoms with Crippen LogP contribution in [-0.2, 0) is 18.0 Å². The first-order valence-electron chi connectivity index (χ1n) is 11.9. The number of carbonyl (C=O) groups is 1. The quantitative estimate of drug-likeness (QED) is 0.185. The Kier molecular flexibility index (Phi) is 8.10. The Morgan fingerprint density at radius 2 is 1.79 bits per heavy atom. The number of hydrogen-bond donors (Lipinski definition) is 1. The van der Waals surface area contributed by atoms with Gasteiger partial charge in [0.25, 0.3) is 0 Å². The molecule has 0 spiro atoms. The zero-order chi connectivity index (χ0) is 27.6. The van der Waals surface area contributed by atoms with E-state index in [4.69, 9.17) is 21.4 Å². The number of aromatic nitrogens is 4. The van der Waals surface area contributed by atoms with Gasteiger partial charge >= 0.3 is 6.09 Å². The molecule has 4 aromatic rings. The van der Waals surface area contributed by atoms with Gasteiger partial charge in [-0.2, -0.15) is 5.10 Å². The Labute approximate surface area is 224 Å². The molecule has 0 fully saturated rings. The molecule has 0 bridgehead atoms. The zero-order valence-electron chi connectivity index (χ0n) is 21.5. The van der Waals surface area contributed by atoms with Gasteiger partial charge in [0.05, 0.1) is 33.7 Å². The molecule has 3 aromatic heterocycles. The van der Waals surface area contributed by atoms with E-state index in [2.05, 4.69) is 34.7 Å². The summed E-state index contributed by atoms with van der Waals surface area (Å²) >= 11 is 6.01. The molecule has 0 aliphatic carbocycles. The first-order valence-corrected chi connectivity index (χ1v) is 16.0. The van der Waals surface area contributed by atoms with E-state index in [0.29, 0.717) is 33.9 Å². The first-order chi connectivity index (χ1) is 17.9. The number of fused-ring (bicyclic) bond motifs is 1. The fourth-order valence-corrected chi connectivity index (χ4v) is 4.71. The minimum Gasteiger partial charge on any atom is -0.465 e. The van der Waals surface area contributed by atoms with Gasteiger partial charge in [-0.05, 0) is 41.9 Å². The number of rotatable bonds is 9. The second-order valence-corrected chi connectivity index (χ2v) is 16.3. The Hall–Kier alpha value is -3.41. The number of ether oxygens (including phenoxy) is 1. The van der Waals surface area contributed by atoms with Crippen LogP contribution in [0.25, 0.3) is 33.5 Å². The first kappa shape index (κ1) is 27.6. The predicted molar refractivity (Wildman–Crippen MR) is 145 cm³/mol. The summed E-state index contributed by atoms with van der Waals surface area (Å²) in [6, 6.07) is 8.19. The van der Waals surface area contributed by atoms with Crippen LogP contribution >= 0.6 is 11.6 Å². The normalized spacial score (nSPS) is 11.8. The van der Waals surface area contributed by atoms with Crippen molar-refractivity contribution in [2.75, 3.05) is 13.7 Å². The predicted octanol–water partition coefficient (Wildman–Crippen LogP) is 6.51. The molecule has 0 atom stereocenters. The summed E-state index contributed by atoms with van der Waals surface area (Å²) in [7, 11) is 0.0508. The maximum atomic E-state index is 15.1. The average molecular weight is 560 g/mol. The molecule has 1 N–H and O–H groups in total. The average Bonchev–Trinajstić information content (AvgIpc) is 3.19. The standard InChI is InChI=1S/C26H28ClF2N5O3Si/c1-33(26(35)36)14-16-9-19(28)24(20(29)10-16)22-11-18-23(13-31-22)34(15-37-7-8-38(2,3)4)32-25(18)21-6-5-17(27)12-30-21/h5-6,9-13H,7-8,14-15H2,1-4H3,(H,35,36). The van der Waals surface area contributed by atoms with Crippen molar-refractivity contribution in [1.29, 1.82) is 0 Å². The monoisotopic (exact) mass is 559 g/mol. The molecule has 0 unspecified atom stereocenters. The fourth-order valence-electron chi connectivity index (χ4n) is 3.84. The number of hydrogen-bond acceptors (Lipinski definition) is 5. The van der Waals surface area contributed by atoms with Gasteiger partial charge in [0, 0.05) is 39.9 Å². The van der Waals surface area contributed by atoms with E-state index < -0.39 is 25.8 Å². The van der Waals surface area contributed by atoms with Gasteiger partial charge in [0.2, 0.25) is 0 Å². The highest BCUT2D eigenvalue weighted by Crippen LogP contribution is 2.33. The summed E-state index contributed by atoms with van der Waals surface area (Å²) in [6.45, 7) is 7.42. The third-order valence-corrected chi connectivity index (χ3v) is 7.85. The molecule has 1 aromatic carbocycles. The van der Waals surface area contributed by atoms with Gasteiger partial charge in [-0.3, -0.25) is 9.97 Å². The molecule has 0 radical (unpaired) electrons. The summed E-state index contributed by atoms with van der Waals surface area (Å²) in [5, 5.41) is 14.8. The van der Waals surface area contributed by atoms with Crippen LogP contribution in [0.5, 0.6) is 0 Å².